The van der Waals surface area contributed by atoms with Crippen LogP contribution in [-0.2, 0) is 14.3 Å². The van der Waals surface area contributed by atoms with Crippen molar-refractivity contribution >= 4 is 45.0 Å². The average molecular weight is 411 g/mol. The largest absolute Gasteiger partial charge is 0.462 e. The maximum Gasteiger partial charge on any atom is 0.341 e. The van der Waals surface area contributed by atoms with Gasteiger partial charge in [-0.2, -0.15) is 0 Å². The van der Waals surface area contributed by atoms with Gasteiger partial charge in [-0.25, -0.2) is 9.59 Å². The van der Waals surface area contributed by atoms with Crippen LogP contribution >= 0.6 is 11.3 Å². The van der Waals surface area contributed by atoms with E-state index in [1.54, 1.807) is 26.0 Å². The van der Waals surface area contributed by atoms with E-state index in [1.165, 1.54) is 11.3 Å². The minimum absolute atomic E-state index is 0.239. The van der Waals surface area contributed by atoms with Gasteiger partial charge in [-0.05, 0) is 43.2 Å². The standard InChI is InChI=1S/C22H21NO5S/c1-4-27-22(26)19-13(2)14(3)29-20(19)23-18(24)12-28-21(25)17-11-7-9-15-8-5-6-10-16(15)17/h5-11H,4,12H2,1-3H3,(H,23,24). The smallest absolute Gasteiger partial charge is 0.341 e. The minimum atomic E-state index is -0.582. The molecule has 1 aromatic heterocycles. The summed E-state index contributed by atoms with van der Waals surface area (Å²) in [5, 5.41) is 4.72. The Labute approximate surface area is 172 Å². The van der Waals surface area contributed by atoms with Gasteiger partial charge in [-0.15, -0.1) is 11.3 Å². The van der Waals surface area contributed by atoms with Gasteiger partial charge in [0.05, 0.1) is 17.7 Å². The molecule has 0 saturated carbocycles. The van der Waals surface area contributed by atoms with Gasteiger partial charge in [0.2, 0.25) is 0 Å². The van der Waals surface area contributed by atoms with Crippen LogP contribution in [0, 0.1) is 13.8 Å². The summed E-state index contributed by atoms with van der Waals surface area (Å²) in [7, 11) is 0. The van der Waals surface area contributed by atoms with Crippen molar-refractivity contribution in [3.05, 3.63) is 64.0 Å². The van der Waals surface area contributed by atoms with Crippen molar-refractivity contribution in [2.45, 2.75) is 20.8 Å². The van der Waals surface area contributed by atoms with Crippen molar-refractivity contribution in [2.75, 3.05) is 18.5 Å². The van der Waals surface area contributed by atoms with Crippen LogP contribution in [0.15, 0.2) is 42.5 Å². The van der Waals surface area contributed by atoms with Crippen LogP contribution < -0.4 is 5.32 Å². The van der Waals surface area contributed by atoms with E-state index in [4.69, 9.17) is 9.47 Å². The molecule has 150 valence electrons. The number of carbonyl (C=O) groups excluding carboxylic acids is 3. The molecule has 1 amide bonds. The van der Waals surface area contributed by atoms with Crippen molar-refractivity contribution in [1.29, 1.82) is 0 Å². The van der Waals surface area contributed by atoms with Crippen LogP contribution in [0.25, 0.3) is 10.8 Å². The molecule has 2 aromatic carbocycles. The molecule has 0 atom stereocenters. The maximum atomic E-state index is 12.5. The van der Waals surface area contributed by atoms with E-state index < -0.39 is 24.5 Å². The Morgan fingerprint density at radius 2 is 1.69 bits per heavy atom. The number of anilines is 1. The second-order valence-electron chi connectivity index (χ2n) is 6.36. The van der Waals surface area contributed by atoms with Crippen molar-refractivity contribution in [3.63, 3.8) is 0 Å². The topological polar surface area (TPSA) is 81.7 Å². The number of hydrogen-bond acceptors (Lipinski definition) is 6. The summed E-state index contributed by atoms with van der Waals surface area (Å²) in [5.74, 6) is -1.59. The van der Waals surface area contributed by atoms with Gasteiger partial charge in [0.15, 0.2) is 6.61 Å². The number of fused-ring (bicyclic) bond motifs is 1. The zero-order valence-corrected chi connectivity index (χ0v) is 17.2. The normalized spacial score (nSPS) is 10.6. The Morgan fingerprint density at radius 1 is 0.966 bits per heavy atom. The lowest BCUT2D eigenvalue weighted by Gasteiger charge is -2.09. The fourth-order valence-electron chi connectivity index (χ4n) is 2.94. The molecule has 7 heteroatoms. The van der Waals surface area contributed by atoms with Crippen LogP contribution in [-0.4, -0.2) is 31.1 Å². The van der Waals surface area contributed by atoms with Crippen molar-refractivity contribution in [2.24, 2.45) is 0 Å². The Hall–Kier alpha value is -3.19. The maximum absolute atomic E-state index is 12.5. The number of esters is 2. The number of hydrogen-bond donors (Lipinski definition) is 1. The van der Waals surface area contributed by atoms with Gasteiger partial charge in [-0.1, -0.05) is 36.4 Å². The minimum Gasteiger partial charge on any atom is -0.462 e. The molecule has 0 unspecified atom stereocenters. The summed E-state index contributed by atoms with van der Waals surface area (Å²) in [4.78, 5) is 37.9. The number of rotatable bonds is 6. The first-order chi connectivity index (χ1) is 13.9. The van der Waals surface area contributed by atoms with Crippen LogP contribution in [0.4, 0.5) is 5.00 Å². The molecule has 3 aromatic rings. The van der Waals surface area contributed by atoms with Crippen LogP contribution in [0.5, 0.6) is 0 Å². The summed E-state index contributed by atoms with van der Waals surface area (Å²) in [6.45, 7) is 5.16. The lowest BCUT2D eigenvalue weighted by molar-refractivity contribution is -0.119. The number of nitrogens with one attached hydrogen (secondary N) is 1. The predicted molar refractivity (Wildman–Crippen MR) is 113 cm³/mol. The molecule has 1 heterocycles. The van der Waals surface area contributed by atoms with E-state index in [2.05, 4.69) is 5.32 Å². The number of aryl methyl sites for hydroxylation is 1. The number of benzene rings is 2. The van der Waals surface area contributed by atoms with Crippen molar-refractivity contribution in [3.8, 4) is 0 Å². The summed E-state index contributed by atoms with van der Waals surface area (Å²) < 4.78 is 10.3. The third kappa shape index (κ3) is 4.46. The highest BCUT2D eigenvalue weighted by Gasteiger charge is 2.22. The van der Waals surface area contributed by atoms with E-state index in [0.29, 0.717) is 16.1 Å². The Balaban J connectivity index is 1.70. The number of thiophene rings is 1. The molecule has 1 N–H and O–H groups in total. The lowest BCUT2D eigenvalue weighted by atomic mass is 10.1. The van der Waals surface area contributed by atoms with Gasteiger partial charge in [0.1, 0.15) is 5.00 Å². The highest BCUT2D eigenvalue weighted by atomic mass is 32.1. The first kappa shape index (κ1) is 20.5. The van der Waals surface area contributed by atoms with E-state index in [0.717, 1.165) is 21.2 Å². The molecule has 0 aliphatic heterocycles. The van der Waals surface area contributed by atoms with Gasteiger partial charge < -0.3 is 14.8 Å². The van der Waals surface area contributed by atoms with Crippen molar-refractivity contribution < 1.29 is 23.9 Å². The van der Waals surface area contributed by atoms with E-state index in [9.17, 15) is 14.4 Å². The summed E-state index contributed by atoms with van der Waals surface area (Å²) >= 11 is 1.28. The molecule has 0 aliphatic carbocycles. The number of amides is 1. The third-order valence-electron chi connectivity index (χ3n) is 4.46. The zero-order chi connectivity index (χ0) is 21.0. The third-order valence-corrected chi connectivity index (χ3v) is 5.58. The fourth-order valence-corrected chi connectivity index (χ4v) is 4.00. The molecule has 0 fully saturated rings. The second-order valence-corrected chi connectivity index (χ2v) is 7.58. The lowest BCUT2D eigenvalue weighted by Crippen LogP contribution is -2.22. The van der Waals surface area contributed by atoms with Crippen LogP contribution in [0.2, 0.25) is 0 Å². The van der Waals surface area contributed by atoms with E-state index >= 15 is 0 Å². The molecule has 29 heavy (non-hydrogen) atoms. The van der Waals surface area contributed by atoms with Gasteiger partial charge >= 0.3 is 11.9 Å². The number of ether oxygens (including phenoxy) is 2. The summed E-state index contributed by atoms with van der Waals surface area (Å²) in [5.41, 5.74) is 1.49. The zero-order valence-electron chi connectivity index (χ0n) is 16.4. The molecular weight excluding hydrogens is 390 g/mol. The van der Waals surface area contributed by atoms with Gasteiger partial charge in [0, 0.05) is 4.88 Å². The van der Waals surface area contributed by atoms with Crippen molar-refractivity contribution in [1.82, 2.24) is 0 Å². The second kappa shape index (κ2) is 8.87. The first-order valence-electron chi connectivity index (χ1n) is 9.14. The summed E-state index contributed by atoms with van der Waals surface area (Å²) in [6.07, 6.45) is 0. The Kier molecular flexibility index (Phi) is 6.29. The first-order valence-corrected chi connectivity index (χ1v) is 9.95. The molecule has 0 bridgehead atoms. The molecule has 0 aliphatic rings. The quantitative estimate of drug-likeness (QED) is 0.605. The van der Waals surface area contributed by atoms with E-state index in [-0.39, 0.29) is 6.61 Å². The molecule has 0 saturated heterocycles. The Bertz CT molecular complexity index is 1080. The highest BCUT2D eigenvalue weighted by molar-refractivity contribution is 7.16. The molecule has 0 radical (unpaired) electrons. The van der Waals surface area contributed by atoms with Gasteiger partial charge in [0.25, 0.3) is 5.91 Å². The average Bonchev–Trinajstić information content (AvgIpc) is 2.99. The fraction of sp³-hybridized carbons (Fsp3) is 0.227. The van der Waals surface area contributed by atoms with Gasteiger partial charge in [-0.3, -0.25) is 4.79 Å². The molecule has 6 nitrogen and oxygen atoms in total. The van der Waals surface area contributed by atoms with Crippen LogP contribution in [0.1, 0.15) is 38.1 Å². The molecular formula is C22H21NO5S. The molecule has 0 spiro atoms. The monoisotopic (exact) mass is 411 g/mol. The van der Waals surface area contributed by atoms with E-state index in [1.807, 2.05) is 37.3 Å². The SMILES string of the molecule is CCOC(=O)c1c(NC(=O)COC(=O)c2cccc3ccccc23)sc(C)c1C. The molecule has 3 rings (SSSR count). The number of carbonyl (C=O) groups is 3. The Morgan fingerprint density at radius 3 is 2.45 bits per heavy atom. The highest BCUT2D eigenvalue weighted by Crippen LogP contribution is 2.33. The predicted octanol–water partition coefficient (Wildman–Crippen LogP) is 4.49. The van der Waals surface area contributed by atoms with Crippen LogP contribution in [0.3, 0.4) is 0 Å². The summed E-state index contributed by atoms with van der Waals surface area (Å²) in [6, 6.07) is 12.8.